The lowest BCUT2D eigenvalue weighted by molar-refractivity contribution is -0.274. The van der Waals surface area contributed by atoms with E-state index in [-0.39, 0.29) is 21.7 Å². The second kappa shape index (κ2) is 9.88. The predicted molar refractivity (Wildman–Crippen MR) is 120 cm³/mol. The van der Waals surface area contributed by atoms with Crippen LogP contribution < -0.4 is 14.4 Å². The quantitative estimate of drug-likeness (QED) is 0.475. The van der Waals surface area contributed by atoms with Gasteiger partial charge in [0.1, 0.15) is 10.1 Å². The Labute approximate surface area is 201 Å². The first-order valence-corrected chi connectivity index (χ1v) is 12.2. The molecule has 1 N–H and O–H groups in total. The molecule has 8 nitrogen and oxygen atoms in total. The minimum absolute atomic E-state index is 0.0159. The van der Waals surface area contributed by atoms with Crippen molar-refractivity contribution in [3.05, 3.63) is 69.7 Å². The molecule has 0 atom stereocenters. The van der Waals surface area contributed by atoms with E-state index in [0.717, 1.165) is 23.7 Å². The lowest BCUT2D eigenvalue weighted by Crippen LogP contribution is -2.29. The predicted octanol–water partition coefficient (Wildman–Crippen LogP) is 4.59. The largest absolute Gasteiger partial charge is 0.573 e. The average molecular weight is 531 g/mol. The van der Waals surface area contributed by atoms with E-state index in [1.165, 1.54) is 24.3 Å². The molecule has 0 unspecified atom stereocenters. The van der Waals surface area contributed by atoms with Crippen LogP contribution in [-0.2, 0) is 16.6 Å². The summed E-state index contributed by atoms with van der Waals surface area (Å²) in [4.78, 5) is 18.0. The number of nitriles is 1. The molecule has 0 saturated carbocycles. The van der Waals surface area contributed by atoms with Crippen molar-refractivity contribution in [3.8, 4) is 11.8 Å². The number of carbonyl (C=O) groups is 1. The Bertz CT molecular complexity index is 1350. The summed E-state index contributed by atoms with van der Waals surface area (Å²) in [5.41, 5.74) is 0.927. The molecule has 3 aromatic rings. The van der Waals surface area contributed by atoms with E-state index in [4.69, 9.17) is 16.9 Å². The van der Waals surface area contributed by atoms with Gasteiger partial charge in [-0.05, 0) is 42.0 Å². The number of alkyl halides is 3. The van der Waals surface area contributed by atoms with Crippen LogP contribution in [0.1, 0.15) is 21.6 Å². The number of hydrogen-bond acceptors (Lipinski definition) is 8. The normalized spacial score (nSPS) is 11.5. The van der Waals surface area contributed by atoms with Gasteiger partial charge in [-0.2, -0.15) is 5.26 Å². The number of rotatable bonds is 7. The molecule has 1 amide bonds. The Morgan fingerprint density at radius 1 is 1.26 bits per heavy atom. The first-order chi connectivity index (χ1) is 15.8. The zero-order chi connectivity index (χ0) is 25.1. The summed E-state index contributed by atoms with van der Waals surface area (Å²) in [6.07, 6.45) is -4.07. The number of anilines is 2. The molecule has 0 fully saturated rings. The van der Waals surface area contributed by atoms with Crippen molar-refractivity contribution in [3.63, 3.8) is 0 Å². The molecule has 0 spiro atoms. The topological polar surface area (TPSA) is 112 Å². The fraction of sp³-hybridized carbons (Fsp3) is 0.150. The summed E-state index contributed by atoms with van der Waals surface area (Å²) in [6.45, 7) is -0.0159. The molecule has 2 aromatic carbocycles. The van der Waals surface area contributed by atoms with Crippen molar-refractivity contribution in [1.29, 1.82) is 5.26 Å². The molecule has 178 valence electrons. The third kappa shape index (κ3) is 6.83. The van der Waals surface area contributed by atoms with Crippen molar-refractivity contribution in [2.24, 2.45) is 0 Å². The number of benzene rings is 2. The molecule has 0 radical (unpaired) electrons. The molecule has 0 bridgehead atoms. The number of hydrogen-bond donors (Lipinski definition) is 1. The molecule has 0 saturated heterocycles. The Kier molecular flexibility index (Phi) is 7.35. The highest BCUT2D eigenvalue weighted by Crippen LogP contribution is 2.36. The highest BCUT2D eigenvalue weighted by atomic mass is 35.5. The van der Waals surface area contributed by atoms with Crippen LogP contribution in [0.5, 0.6) is 5.75 Å². The minimum atomic E-state index is -4.86. The summed E-state index contributed by atoms with van der Waals surface area (Å²) < 4.78 is 66.3. The molecule has 0 aliphatic carbocycles. The Morgan fingerprint density at radius 3 is 2.53 bits per heavy atom. The Hall–Kier alpha value is -3.34. The van der Waals surface area contributed by atoms with E-state index in [2.05, 4.69) is 9.72 Å². The summed E-state index contributed by atoms with van der Waals surface area (Å²) in [7, 11) is -3.87. The number of carbonyl (C=O) groups excluding carboxylic acids is 1. The van der Waals surface area contributed by atoms with Crippen LogP contribution in [0.25, 0.3) is 0 Å². The highest BCUT2D eigenvalue weighted by Gasteiger charge is 2.31. The average Bonchev–Trinajstić information content (AvgIpc) is 3.11. The fourth-order valence-corrected chi connectivity index (χ4v) is 4.35. The number of halogens is 4. The van der Waals surface area contributed by atoms with Crippen molar-refractivity contribution in [2.75, 3.05) is 11.2 Å². The maximum Gasteiger partial charge on any atom is 0.573 e. The number of sulfonamides is 1. The molecule has 14 heteroatoms. The maximum absolute atomic E-state index is 12.6. The molecule has 3 rings (SSSR count). The van der Waals surface area contributed by atoms with Gasteiger partial charge in [-0.3, -0.25) is 4.79 Å². The second-order valence-corrected chi connectivity index (χ2v) is 10.1. The van der Waals surface area contributed by atoms with E-state index in [0.29, 0.717) is 16.8 Å². The van der Waals surface area contributed by atoms with Gasteiger partial charge in [-0.25, -0.2) is 18.1 Å². The van der Waals surface area contributed by atoms with E-state index >= 15 is 0 Å². The van der Waals surface area contributed by atoms with E-state index in [9.17, 15) is 26.4 Å². The van der Waals surface area contributed by atoms with E-state index in [1.54, 1.807) is 27.8 Å². The highest BCUT2D eigenvalue weighted by molar-refractivity contribution is 7.89. The van der Waals surface area contributed by atoms with Crippen molar-refractivity contribution < 1.29 is 31.1 Å². The zero-order valence-corrected chi connectivity index (χ0v) is 19.5. The van der Waals surface area contributed by atoms with Gasteiger partial charge in [-0.1, -0.05) is 35.1 Å². The van der Waals surface area contributed by atoms with Crippen molar-refractivity contribution in [2.45, 2.75) is 12.9 Å². The SMILES string of the molecule is CS(=O)(=O)NC(=O)c1nc(N(Cc2cccc(OC(F)(F)F)c2)c2ccc(C#N)cc2)sc1Cl. The third-order valence-electron chi connectivity index (χ3n) is 4.08. The van der Waals surface area contributed by atoms with E-state index in [1.807, 2.05) is 6.07 Å². The van der Waals surface area contributed by atoms with Gasteiger partial charge in [-0.15, -0.1) is 13.2 Å². The fourth-order valence-electron chi connectivity index (χ4n) is 2.77. The summed E-state index contributed by atoms with van der Waals surface area (Å²) in [6, 6.07) is 13.5. The van der Waals surface area contributed by atoms with Crippen molar-refractivity contribution >= 4 is 49.7 Å². The zero-order valence-electron chi connectivity index (χ0n) is 17.1. The van der Waals surface area contributed by atoms with Crippen molar-refractivity contribution in [1.82, 2.24) is 9.71 Å². The van der Waals surface area contributed by atoms with Gasteiger partial charge in [0.05, 0.1) is 24.4 Å². The molecular weight excluding hydrogens is 517 g/mol. The summed E-state index contributed by atoms with van der Waals surface area (Å²) >= 11 is 7.00. The molecule has 1 aromatic heterocycles. The number of aromatic nitrogens is 1. The van der Waals surface area contributed by atoms with Gasteiger partial charge < -0.3 is 9.64 Å². The number of nitrogens with zero attached hydrogens (tertiary/aromatic N) is 3. The molecule has 0 aliphatic rings. The van der Waals surface area contributed by atoms with Crippen LogP contribution in [-0.4, -0.2) is 31.9 Å². The number of nitrogens with one attached hydrogen (secondary N) is 1. The molecule has 34 heavy (non-hydrogen) atoms. The summed E-state index contributed by atoms with van der Waals surface area (Å²) in [5, 5.41) is 9.21. The second-order valence-electron chi connectivity index (χ2n) is 6.76. The van der Waals surface area contributed by atoms with Crippen LogP contribution >= 0.6 is 22.9 Å². The standard InChI is InChI=1S/C20H14ClF3N4O4S2/c1-34(30,31)27-18(29)16-17(21)33-19(26-16)28(14-7-5-12(10-25)6-8-14)11-13-3-2-4-15(9-13)32-20(22,23)24/h2-9H,11H2,1H3,(H,27,29). The van der Waals surface area contributed by atoms with Crippen LogP contribution in [0.4, 0.5) is 24.0 Å². The van der Waals surface area contributed by atoms with Gasteiger partial charge in [0.15, 0.2) is 10.8 Å². The third-order valence-corrected chi connectivity index (χ3v) is 5.91. The number of amides is 1. The smallest absolute Gasteiger partial charge is 0.406 e. The number of ether oxygens (including phenoxy) is 1. The number of thiazole rings is 1. The van der Waals surface area contributed by atoms with Crippen LogP contribution in [0.3, 0.4) is 0 Å². The minimum Gasteiger partial charge on any atom is -0.406 e. The van der Waals surface area contributed by atoms with Crippen LogP contribution in [0.15, 0.2) is 48.5 Å². The lowest BCUT2D eigenvalue weighted by Gasteiger charge is -2.22. The van der Waals surface area contributed by atoms with Gasteiger partial charge in [0, 0.05) is 5.69 Å². The monoisotopic (exact) mass is 530 g/mol. The van der Waals surface area contributed by atoms with Gasteiger partial charge in [0.25, 0.3) is 5.91 Å². The van der Waals surface area contributed by atoms with Crippen LogP contribution in [0, 0.1) is 11.3 Å². The maximum atomic E-state index is 12.6. The first kappa shape index (κ1) is 25.3. The lowest BCUT2D eigenvalue weighted by atomic mass is 10.1. The Balaban J connectivity index is 2.01. The van der Waals surface area contributed by atoms with Crippen LogP contribution in [0.2, 0.25) is 4.34 Å². The molecule has 1 heterocycles. The Morgan fingerprint density at radius 2 is 1.94 bits per heavy atom. The van der Waals surface area contributed by atoms with Gasteiger partial charge >= 0.3 is 6.36 Å². The first-order valence-electron chi connectivity index (χ1n) is 9.15. The molecule has 0 aliphatic heterocycles. The van der Waals surface area contributed by atoms with E-state index < -0.39 is 28.0 Å². The summed E-state index contributed by atoms with van der Waals surface area (Å²) in [5.74, 6) is -1.45. The molecular formula is C20H14ClF3N4O4S2. The van der Waals surface area contributed by atoms with Gasteiger partial charge in [0.2, 0.25) is 10.0 Å².